The van der Waals surface area contributed by atoms with Crippen molar-refractivity contribution in [2.75, 3.05) is 18.2 Å². The number of nitrogens with one attached hydrogen (secondary N) is 1. The topological polar surface area (TPSA) is 95.3 Å². The van der Waals surface area contributed by atoms with E-state index in [0.717, 1.165) is 28.8 Å². The number of ether oxygens (including phenoxy) is 2. The summed E-state index contributed by atoms with van der Waals surface area (Å²) >= 11 is 2.44. The second-order valence-electron chi connectivity index (χ2n) is 6.85. The number of benzene rings is 1. The molecule has 0 saturated heterocycles. The number of methoxy groups -OCH3 is 1. The molecule has 0 saturated carbocycles. The normalized spacial score (nSPS) is 11.8. The number of nitrogens with zero attached hydrogens (tertiary/aromatic N) is 3. The lowest BCUT2D eigenvalue weighted by atomic mass is 10.3. The van der Waals surface area contributed by atoms with Gasteiger partial charge in [-0.1, -0.05) is 11.8 Å². The largest absolute Gasteiger partial charge is 0.480 e. The van der Waals surface area contributed by atoms with E-state index >= 15 is 0 Å². The van der Waals surface area contributed by atoms with Gasteiger partial charge in [0.25, 0.3) is 0 Å². The number of halogens is 2. The smallest absolute Gasteiger partial charge is 0.340 e. The molecule has 3 rings (SSSR count). The van der Waals surface area contributed by atoms with Crippen LogP contribution in [0.15, 0.2) is 29.4 Å². The molecule has 176 valence electrons. The standard InChI is InChI=1S/C21H22F2N4O4S2/c1-5-27-18(12(3)31-16-7-6-13(22)9-15(16)23)25-26-21(27)32-10-17(28)24-19-14(20(29)30-4)8-11(2)33-19/h6-9,12H,5,10H2,1-4H3,(H,24,28). The molecule has 12 heteroatoms. The first-order valence-electron chi connectivity index (χ1n) is 9.89. The van der Waals surface area contributed by atoms with Crippen LogP contribution in [0.4, 0.5) is 13.8 Å². The number of hydrogen-bond acceptors (Lipinski definition) is 8. The molecule has 3 aromatic rings. The molecule has 0 aliphatic rings. The molecule has 8 nitrogen and oxygen atoms in total. The zero-order chi connectivity index (χ0) is 24.1. The Kier molecular flexibility index (Phi) is 8.03. The van der Waals surface area contributed by atoms with Gasteiger partial charge in [0.15, 0.2) is 28.7 Å². The highest BCUT2D eigenvalue weighted by molar-refractivity contribution is 7.99. The molecule has 1 N–H and O–H groups in total. The van der Waals surface area contributed by atoms with E-state index in [1.54, 1.807) is 17.6 Å². The summed E-state index contributed by atoms with van der Waals surface area (Å²) in [6, 6.07) is 4.72. The first kappa shape index (κ1) is 24.6. The summed E-state index contributed by atoms with van der Waals surface area (Å²) in [5, 5.41) is 11.9. The summed E-state index contributed by atoms with van der Waals surface area (Å²) in [6.45, 7) is 5.86. The van der Waals surface area contributed by atoms with E-state index in [1.165, 1.54) is 24.5 Å². The van der Waals surface area contributed by atoms with Gasteiger partial charge >= 0.3 is 5.97 Å². The van der Waals surface area contributed by atoms with Crippen LogP contribution in [0.25, 0.3) is 0 Å². The van der Waals surface area contributed by atoms with Crippen LogP contribution < -0.4 is 10.1 Å². The summed E-state index contributed by atoms with van der Waals surface area (Å²) in [5.41, 5.74) is 0.302. The van der Waals surface area contributed by atoms with Crippen LogP contribution in [0.1, 0.15) is 41.0 Å². The van der Waals surface area contributed by atoms with Gasteiger partial charge in [0, 0.05) is 17.5 Å². The molecule has 33 heavy (non-hydrogen) atoms. The molecule has 1 unspecified atom stereocenters. The zero-order valence-corrected chi connectivity index (χ0v) is 20.0. The third-order valence-corrected chi connectivity index (χ3v) is 6.40. The number of rotatable bonds is 9. The van der Waals surface area contributed by atoms with Crippen molar-refractivity contribution in [3.8, 4) is 5.75 Å². The highest BCUT2D eigenvalue weighted by Gasteiger charge is 2.22. The van der Waals surface area contributed by atoms with Crippen LogP contribution in [0.3, 0.4) is 0 Å². The van der Waals surface area contributed by atoms with Gasteiger partial charge < -0.3 is 19.4 Å². The van der Waals surface area contributed by atoms with E-state index in [1.807, 2.05) is 13.8 Å². The molecule has 1 amide bonds. The number of aromatic nitrogens is 3. The van der Waals surface area contributed by atoms with Gasteiger partial charge in [-0.2, -0.15) is 0 Å². The lowest BCUT2D eigenvalue weighted by Gasteiger charge is -2.16. The summed E-state index contributed by atoms with van der Waals surface area (Å²) < 4.78 is 39.1. The van der Waals surface area contributed by atoms with Gasteiger partial charge in [-0.25, -0.2) is 13.6 Å². The van der Waals surface area contributed by atoms with Crippen LogP contribution in [-0.4, -0.2) is 39.5 Å². The minimum Gasteiger partial charge on any atom is -0.480 e. The predicted molar refractivity (Wildman–Crippen MR) is 121 cm³/mol. The fraction of sp³-hybridized carbons (Fsp3) is 0.333. The number of thiophene rings is 1. The maximum atomic E-state index is 13.9. The van der Waals surface area contributed by atoms with Gasteiger partial charge in [0.05, 0.1) is 18.4 Å². The lowest BCUT2D eigenvalue weighted by Crippen LogP contribution is -2.16. The Hall–Kier alpha value is -2.99. The molecule has 1 aromatic carbocycles. The molecule has 0 fully saturated rings. The fourth-order valence-electron chi connectivity index (χ4n) is 2.98. The monoisotopic (exact) mass is 496 g/mol. The van der Waals surface area contributed by atoms with Gasteiger partial charge in [0.2, 0.25) is 5.91 Å². The number of carbonyl (C=O) groups is 2. The van der Waals surface area contributed by atoms with Crippen LogP contribution >= 0.6 is 23.1 Å². The maximum absolute atomic E-state index is 13.9. The zero-order valence-electron chi connectivity index (χ0n) is 18.3. The summed E-state index contributed by atoms with van der Waals surface area (Å²) in [7, 11) is 1.28. The van der Waals surface area contributed by atoms with Crippen molar-refractivity contribution in [2.45, 2.75) is 38.6 Å². The average molecular weight is 497 g/mol. The van der Waals surface area contributed by atoms with Gasteiger partial charge in [-0.15, -0.1) is 21.5 Å². The summed E-state index contributed by atoms with van der Waals surface area (Å²) in [5.74, 6) is -2.00. The third kappa shape index (κ3) is 5.88. The molecule has 0 bridgehead atoms. The van der Waals surface area contributed by atoms with Crippen molar-refractivity contribution < 1.29 is 27.8 Å². The number of carbonyl (C=O) groups excluding carboxylic acids is 2. The minimum atomic E-state index is -0.814. The Morgan fingerprint density at radius 3 is 2.70 bits per heavy atom. The van der Waals surface area contributed by atoms with E-state index in [9.17, 15) is 18.4 Å². The quantitative estimate of drug-likeness (QED) is 0.342. The van der Waals surface area contributed by atoms with Crippen LogP contribution in [0.2, 0.25) is 0 Å². The minimum absolute atomic E-state index is 0.0253. The highest BCUT2D eigenvalue weighted by atomic mass is 32.2. The molecular weight excluding hydrogens is 474 g/mol. The molecule has 1 atom stereocenters. The average Bonchev–Trinajstić information content (AvgIpc) is 3.36. The summed E-state index contributed by atoms with van der Waals surface area (Å²) in [4.78, 5) is 25.2. The number of anilines is 1. The van der Waals surface area contributed by atoms with Crippen molar-refractivity contribution in [3.63, 3.8) is 0 Å². The van der Waals surface area contributed by atoms with Crippen LogP contribution in [0.5, 0.6) is 5.75 Å². The van der Waals surface area contributed by atoms with E-state index in [4.69, 9.17) is 9.47 Å². The van der Waals surface area contributed by atoms with Crippen molar-refractivity contribution >= 4 is 40.0 Å². The van der Waals surface area contributed by atoms with E-state index in [0.29, 0.717) is 28.1 Å². The summed E-state index contributed by atoms with van der Waals surface area (Å²) in [6.07, 6.45) is -0.669. The van der Waals surface area contributed by atoms with Gasteiger partial charge in [0.1, 0.15) is 10.8 Å². The molecule has 0 radical (unpaired) electrons. The Morgan fingerprint density at radius 1 is 1.27 bits per heavy atom. The number of thioether (sulfide) groups is 1. The maximum Gasteiger partial charge on any atom is 0.340 e. The molecule has 2 heterocycles. The van der Waals surface area contributed by atoms with Crippen LogP contribution in [-0.2, 0) is 16.1 Å². The molecule has 0 aliphatic heterocycles. The van der Waals surface area contributed by atoms with Crippen molar-refractivity contribution in [1.29, 1.82) is 0 Å². The second-order valence-corrected chi connectivity index (χ2v) is 9.05. The Morgan fingerprint density at radius 2 is 2.03 bits per heavy atom. The Bertz CT molecular complexity index is 1170. The van der Waals surface area contributed by atoms with Gasteiger partial charge in [-0.3, -0.25) is 4.79 Å². The Labute approximate surface area is 197 Å². The lowest BCUT2D eigenvalue weighted by molar-refractivity contribution is -0.113. The molecule has 0 aliphatic carbocycles. The van der Waals surface area contributed by atoms with Gasteiger partial charge in [-0.05, 0) is 39.0 Å². The Balaban J connectivity index is 1.66. The van der Waals surface area contributed by atoms with Crippen molar-refractivity contribution in [3.05, 3.63) is 52.2 Å². The number of esters is 1. The first-order valence-corrected chi connectivity index (χ1v) is 11.7. The number of amides is 1. The highest BCUT2D eigenvalue weighted by Crippen LogP contribution is 2.29. The van der Waals surface area contributed by atoms with E-state index < -0.39 is 23.7 Å². The first-order chi connectivity index (χ1) is 15.7. The SMILES string of the molecule is CCn1c(SCC(=O)Nc2sc(C)cc2C(=O)OC)nnc1C(C)Oc1ccc(F)cc1F. The third-order valence-electron chi connectivity index (χ3n) is 4.47. The van der Waals surface area contributed by atoms with E-state index in [-0.39, 0.29) is 17.4 Å². The fourth-order valence-corrected chi connectivity index (χ4v) is 4.71. The molecule has 2 aromatic heterocycles. The predicted octanol–water partition coefficient (Wildman–Crippen LogP) is 4.60. The van der Waals surface area contributed by atoms with Crippen molar-refractivity contribution in [2.24, 2.45) is 0 Å². The van der Waals surface area contributed by atoms with E-state index in [2.05, 4.69) is 15.5 Å². The van der Waals surface area contributed by atoms with Crippen molar-refractivity contribution in [1.82, 2.24) is 14.8 Å². The number of aryl methyl sites for hydroxylation is 1. The molecule has 0 spiro atoms. The number of hydrogen-bond donors (Lipinski definition) is 1. The second kappa shape index (κ2) is 10.8. The van der Waals surface area contributed by atoms with Crippen LogP contribution in [0, 0.1) is 18.6 Å². The molecular formula is C21H22F2N4O4S2.